The highest BCUT2D eigenvalue weighted by molar-refractivity contribution is 6.32. The SMILES string of the molecule is COc1cc(NCC2CCCN(C)C2)c(OC)cc1Cl. The third-order valence-corrected chi connectivity index (χ3v) is 4.07. The lowest BCUT2D eigenvalue weighted by atomic mass is 9.98. The van der Waals surface area contributed by atoms with Crippen LogP contribution in [0.15, 0.2) is 12.1 Å². The summed E-state index contributed by atoms with van der Waals surface area (Å²) < 4.78 is 10.6. The first kappa shape index (κ1) is 15.3. The molecule has 1 aromatic rings. The van der Waals surface area contributed by atoms with E-state index < -0.39 is 0 Å². The molecule has 5 heteroatoms. The Labute approximate surface area is 126 Å². The molecule has 0 spiro atoms. The molecule has 1 saturated heterocycles. The molecule has 2 rings (SSSR count). The van der Waals surface area contributed by atoms with Gasteiger partial charge in [0.05, 0.1) is 24.9 Å². The number of nitrogens with one attached hydrogen (secondary N) is 1. The van der Waals surface area contributed by atoms with Crippen molar-refractivity contribution in [3.63, 3.8) is 0 Å². The molecule has 0 amide bonds. The molecule has 1 fully saturated rings. The molecular formula is C15H23ClN2O2. The first-order valence-corrected chi connectivity index (χ1v) is 7.35. The topological polar surface area (TPSA) is 33.7 Å². The summed E-state index contributed by atoms with van der Waals surface area (Å²) in [4.78, 5) is 2.38. The van der Waals surface area contributed by atoms with Crippen molar-refractivity contribution in [1.82, 2.24) is 4.90 Å². The number of rotatable bonds is 5. The van der Waals surface area contributed by atoms with Crippen LogP contribution in [0, 0.1) is 5.92 Å². The zero-order chi connectivity index (χ0) is 14.5. The van der Waals surface area contributed by atoms with Gasteiger partial charge < -0.3 is 19.7 Å². The second kappa shape index (κ2) is 7.04. The monoisotopic (exact) mass is 298 g/mol. The molecule has 112 valence electrons. The van der Waals surface area contributed by atoms with Crippen molar-refractivity contribution in [3.8, 4) is 11.5 Å². The van der Waals surface area contributed by atoms with Crippen LogP contribution in [0.25, 0.3) is 0 Å². The van der Waals surface area contributed by atoms with Gasteiger partial charge in [0.25, 0.3) is 0 Å². The number of likely N-dealkylation sites (tertiary alicyclic amines) is 1. The number of hydrogen-bond donors (Lipinski definition) is 1. The maximum atomic E-state index is 6.11. The van der Waals surface area contributed by atoms with Crippen molar-refractivity contribution < 1.29 is 9.47 Å². The number of piperidine rings is 1. The maximum Gasteiger partial charge on any atom is 0.143 e. The maximum absolute atomic E-state index is 6.11. The van der Waals surface area contributed by atoms with Crippen LogP contribution < -0.4 is 14.8 Å². The zero-order valence-corrected chi connectivity index (χ0v) is 13.2. The van der Waals surface area contributed by atoms with Crippen LogP contribution in [0.4, 0.5) is 5.69 Å². The molecule has 0 radical (unpaired) electrons. The van der Waals surface area contributed by atoms with E-state index in [0.717, 1.165) is 24.5 Å². The summed E-state index contributed by atoms with van der Waals surface area (Å²) in [6.07, 6.45) is 2.54. The normalized spacial score (nSPS) is 19.7. The van der Waals surface area contributed by atoms with E-state index in [1.807, 2.05) is 6.07 Å². The first-order chi connectivity index (χ1) is 9.63. The fourth-order valence-electron chi connectivity index (χ4n) is 2.69. The summed E-state index contributed by atoms with van der Waals surface area (Å²) in [6, 6.07) is 3.68. The molecule has 0 aliphatic carbocycles. The summed E-state index contributed by atoms with van der Waals surface area (Å²) in [5.74, 6) is 2.08. The fourth-order valence-corrected chi connectivity index (χ4v) is 2.92. The lowest BCUT2D eigenvalue weighted by Gasteiger charge is -2.30. The van der Waals surface area contributed by atoms with Crippen molar-refractivity contribution in [3.05, 3.63) is 17.2 Å². The highest BCUT2D eigenvalue weighted by atomic mass is 35.5. The number of benzene rings is 1. The molecule has 1 aliphatic heterocycles. The smallest absolute Gasteiger partial charge is 0.143 e. The first-order valence-electron chi connectivity index (χ1n) is 6.98. The molecule has 0 bridgehead atoms. The van der Waals surface area contributed by atoms with Gasteiger partial charge in [0, 0.05) is 25.2 Å². The summed E-state index contributed by atoms with van der Waals surface area (Å²) in [6.45, 7) is 3.28. The Morgan fingerprint density at radius 2 is 2.05 bits per heavy atom. The minimum Gasteiger partial charge on any atom is -0.495 e. The van der Waals surface area contributed by atoms with Crippen LogP contribution in [0.2, 0.25) is 5.02 Å². The Hall–Kier alpha value is -1.13. The number of nitrogens with zero attached hydrogens (tertiary/aromatic N) is 1. The largest absolute Gasteiger partial charge is 0.495 e. The molecule has 1 atom stereocenters. The highest BCUT2D eigenvalue weighted by Crippen LogP contribution is 2.36. The third-order valence-electron chi connectivity index (χ3n) is 3.78. The van der Waals surface area contributed by atoms with Gasteiger partial charge in [-0.2, -0.15) is 0 Å². The predicted molar refractivity (Wildman–Crippen MR) is 83.3 cm³/mol. The van der Waals surface area contributed by atoms with Crippen LogP contribution in [-0.4, -0.2) is 45.8 Å². The molecule has 4 nitrogen and oxygen atoms in total. The van der Waals surface area contributed by atoms with E-state index in [2.05, 4.69) is 17.3 Å². The van der Waals surface area contributed by atoms with E-state index in [1.54, 1.807) is 20.3 Å². The Morgan fingerprint density at radius 1 is 1.30 bits per heavy atom. The minimum absolute atomic E-state index is 0.562. The standard InChI is InChI=1S/C15H23ClN2O2/c1-18-6-4-5-11(10-18)9-17-13-8-14(19-2)12(16)7-15(13)20-3/h7-8,11,17H,4-6,9-10H2,1-3H3. The summed E-state index contributed by atoms with van der Waals surface area (Å²) in [5, 5.41) is 4.03. The number of halogens is 1. The molecule has 0 aromatic heterocycles. The Kier molecular flexibility index (Phi) is 5.38. The van der Waals surface area contributed by atoms with Gasteiger partial charge in [-0.3, -0.25) is 0 Å². The lowest BCUT2D eigenvalue weighted by Crippen LogP contribution is -2.35. The van der Waals surface area contributed by atoms with Gasteiger partial charge in [-0.1, -0.05) is 11.6 Å². The van der Waals surface area contributed by atoms with Crippen LogP contribution in [0.5, 0.6) is 11.5 Å². The number of ether oxygens (including phenoxy) is 2. The van der Waals surface area contributed by atoms with E-state index >= 15 is 0 Å². The van der Waals surface area contributed by atoms with Gasteiger partial charge >= 0.3 is 0 Å². The van der Waals surface area contributed by atoms with Crippen LogP contribution in [0.1, 0.15) is 12.8 Å². The van der Waals surface area contributed by atoms with E-state index in [4.69, 9.17) is 21.1 Å². The van der Waals surface area contributed by atoms with E-state index in [0.29, 0.717) is 16.7 Å². The molecule has 1 aromatic carbocycles. The Morgan fingerprint density at radius 3 is 2.70 bits per heavy atom. The lowest BCUT2D eigenvalue weighted by molar-refractivity contribution is 0.217. The molecule has 0 saturated carbocycles. The fraction of sp³-hybridized carbons (Fsp3) is 0.600. The number of anilines is 1. The zero-order valence-electron chi connectivity index (χ0n) is 12.4. The van der Waals surface area contributed by atoms with Crippen LogP contribution in [0.3, 0.4) is 0 Å². The van der Waals surface area contributed by atoms with Crippen molar-refractivity contribution in [2.45, 2.75) is 12.8 Å². The van der Waals surface area contributed by atoms with Gasteiger partial charge in [0.2, 0.25) is 0 Å². The molecular weight excluding hydrogens is 276 g/mol. The summed E-state index contributed by atoms with van der Waals surface area (Å²) in [7, 11) is 5.45. The number of hydrogen-bond acceptors (Lipinski definition) is 4. The number of methoxy groups -OCH3 is 2. The summed E-state index contributed by atoms with van der Waals surface area (Å²) in [5.41, 5.74) is 0.932. The van der Waals surface area contributed by atoms with Gasteiger partial charge in [-0.05, 0) is 32.4 Å². The Bertz CT molecular complexity index is 454. The van der Waals surface area contributed by atoms with Gasteiger partial charge in [-0.15, -0.1) is 0 Å². The van der Waals surface area contributed by atoms with Crippen molar-refractivity contribution in [2.24, 2.45) is 5.92 Å². The van der Waals surface area contributed by atoms with E-state index in [9.17, 15) is 0 Å². The third kappa shape index (κ3) is 3.70. The van der Waals surface area contributed by atoms with Crippen molar-refractivity contribution in [1.29, 1.82) is 0 Å². The van der Waals surface area contributed by atoms with Gasteiger partial charge in [0.1, 0.15) is 11.5 Å². The molecule has 1 unspecified atom stereocenters. The second-order valence-corrected chi connectivity index (χ2v) is 5.75. The Balaban J connectivity index is 2.04. The summed E-state index contributed by atoms with van der Waals surface area (Å²) >= 11 is 6.11. The van der Waals surface area contributed by atoms with E-state index in [-0.39, 0.29) is 0 Å². The van der Waals surface area contributed by atoms with Crippen molar-refractivity contribution >= 4 is 17.3 Å². The molecule has 1 heterocycles. The molecule has 1 aliphatic rings. The average molecular weight is 299 g/mol. The van der Waals surface area contributed by atoms with Crippen LogP contribution >= 0.6 is 11.6 Å². The van der Waals surface area contributed by atoms with Gasteiger partial charge in [0.15, 0.2) is 0 Å². The second-order valence-electron chi connectivity index (χ2n) is 5.34. The molecule has 20 heavy (non-hydrogen) atoms. The highest BCUT2D eigenvalue weighted by Gasteiger charge is 2.18. The minimum atomic E-state index is 0.562. The average Bonchev–Trinajstić information content (AvgIpc) is 2.45. The van der Waals surface area contributed by atoms with Crippen molar-refractivity contribution in [2.75, 3.05) is 46.2 Å². The van der Waals surface area contributed by atoms with Gasteiger partial charge in [-0.25, -0.2) is 0 Å². The predicted octanol–water partition coefficient (Wildman–Crippen LogP) is 3.11. The quantitative estimate of drug-likeness (QED) is 0.905. The van der Waals surface area contributed by atoms with E-state index in [1.165, 1.54) is 19.4 Å². The molecule has 1 N–H and O–H groups in total. The van der Waals surface area contributed by atoms with Crippen LogP contribution in [-0.2, 0) is 0 Å².